The highest BCUT2D eigenvalue weighted by molar-refractivity contribution is 8.00. The van der Waals surface area contributed by atoms with Crippen LogP contribution in [0.4, 0.5) is 23.7 Å². The molecule has 0 saturated heterocycles. The maximum Gasteiger partial charge on any atom is 0.446 e. The molecule has 0 fully saturated rings. The minimum absolute atomic E-state index is 0.00936. The summed E-state index contributed by atoms with van der Waals surface area (Å²) in [4.78, 5) is 13.7. The lowest BCUT2D eigenvalue weighted by molar-refractivity contribution is -0.0328. The molecule has 1 rings (SSSR count). The number of rotatable bonds is 6. The van der Waals surface area contributed by atoms with E-state index in [4.69, 9.17) is 0 Å². The van der Waals surface area contributed by atoms with E-state index in [1.54, 1.807) is 11.0 Å². The number of carbonyl (C=O) groups is 1. The number of hydrogen-bond acceptors (Lipinski definition) is 2. The van der Waals surface area contributed by atoms with Crippen molar-refractivity contribution in [1.82, 2.24) is 4.90 Å². The predicted molar refractivity (Wildman–Crippen MR) is 79.5 cm³/mol. The fourth-order valence-corrected chi connectivity index (χ4v) is 2.36. The molecule has 1 N–H and O–H groups in total. The Kier molecular flexibility index (Phi) is 6.87. The fourth-order valence-electron chi connectivity index (χ4n) is 1.73. The smallest absolute Gasteiger partial charge is 0.325 e. The normalized spacial score (nSPS) is 11.3. The molecular formula is C14H19F3N2OS. The Hall–Kier alpha value is -1.37. The van der Waals surface area contributed by atoms with Gasteiger partial charge in [0.05, 0.1) is 5.69 Å². The SMILES string of the molecule is CCCCN(CC)C(=O)Nc1ccccc1SC(F)(F)F. The number of anilines is 1. The van der Waals surface area contributed by atoms with E-state index in [2.05, 4.69) is 5.32 Å². The van der Waals surface area contributed by atoms with Crippen molar-refractivity contribution in [3.63, 3.8) is 0 Å². The Morgan fingerprint density at radius 2 is 1.95 bits per heavy atom. The van der Waals surface area contributed by atoms with E-state index in [1.165, 1.54) is 18.2 Å². The van der Waals surface area contributed by atoms with Crippen molar-refractivity contribution in [2.24, 2.45) is 0 Å². The zero-order valence-electron chi connectivity index (χ0n) is 12.0. The topological polar surface area (TPSA) is 32.3 Å². The predicted octanol–water partition coefficient (Wildman–Crippen LogP) is 4.95. The van der Waals surface area contributed by atoms with Gasteiger partial charge in [-0.3, -0.25) is 0 Å². The van der Waals surface area contributed by atoms with E-state index in [9.17, 15) is 18.0 Å². The zero-order chi connectivity index (χ0) is 15.9. The molecule has 0 aliphatic heterocycles. The van der Waals surface area contributed by atoms with Crippen LogP contribution in [0, 0.1) is 0 Å². The van der Waals surface area contributed by atoms with E-state index in [-0.39, 0.29) is 28.4 Å². The van der Waals surface area contributed by atoms with Gasteiger partial charge < -0.3 is 10.2 Å². The molecule has 1 aromatic rings. The molecule has 7 heteroatoms. The lowest BCUT2D eigenvalue weighted by Crippen LogP contribution is -2.35. The number of nitrogens with one attached hydrogen (secondary N) is 1. The number of halogens is 3. The highest BCUT2D eigenvalue weighted by Crippen LogP contribution is 2.40. The summed E-state index contributed by atoms with van der Waals surface area (Å²) in [7, 11) is 0. The summed E-state index contributed by atoms with van der Waals surface area (Å²) in [5, 5.41) is 2.56. The van der Waals surface area contributed by atoms with Gasteiger partial charge in [-0.1, -0.05) is 25.5 Å². The largest absolute Gasteiger partial charge is 0.446 e. The van der Waals surface area contributed by atoms with Gasteiger partial charge in [0, 0.05) is 18.0 Å². The molecule has 0 heterocycles. The van der Waals surface area contributed by atoms with Crippen LogP contribution in [0.2, 0.25) is 0 Å². The van der Waals surface area contributed by atoms with Gasteiger partial charge in [-0.15, -0.1) is 0 Å². The quantitative estimate of drug-likeness (QED) is 0.752. The summed E-state index contributed by atoms with van der Waals surface area (Å²) in [6, 6.07) is 5.55. The third-order valence-electron chi connectivity index (χ3n) is 2.80. The molecule has 21 heavy (non-hydrogen) atoms. The molecular weight excluding hydrogens is 301 g/mol. The second-order valence-corrected chi connectivity index (χ2v) is 5.51. The Morgan fingerprint density at radius 1 is 1.29 bits per heavy atom. The standard InChI is InChI=1S/C14H19F3N2OS/c1-3-5-10-19(4-2)13(20)18-11-8-6-7-9-12(11)21-14(15,16)17/h6-9H,3-5,10H2,1-2H3,(H,18,20). The van der Waals surface area contributed by atoms with E-state index in [1.807, 2.05) is 13.8 Å². The molecule has 1 aromatic carbocycles. The van der Waals surface area contributed by atoms with Crippen LogP contribution < -0.4 is 5.32 Å². The van der Waals surface area contributed by atoms with Gasteiger partial charge in [0.25, 0.3) is 0 Å². The molecule has 0 saturated carbocycles. The maximum absolute atomic E-state index is 12.5. The van der Waals surface area contributed by atoms with Gasteiger partial charge >= 0.3 is 11.5 Å². The molecule has 3 nitrogen and oxygen atoms in total. The first-order valence-corrected chi connectivity index (χ1v) is 7.59. The minimum atomic E-state index is -4.38. The van der Waals surface area contributed by atoms with Crippen LogP contribution in [0.25, 0.3) is 0 Å². The molecule has 0 atom stereocenters. The van der Waals surface area contributed by atoms with Gasteiger partial charge in [0.15, 0.2) is 0 Å². The summed E-state index contributed by atoms with van der Waals surface area (Å²) in [6.45, 7) is 4.96. The Balaban J connectivity index is 2.79. The van der Waals surface area contributed by atoms with Gasteiger partial charge in [-0.2, -0.15) is 13.2 Å². The maximum atomic E-state index is 12.5. The van der Waals surface area contributed by atoms with Crippen LogP contribution in [-0.2, 0) is 0 Å². The summed E-state index contributed by atoms with van der Waals surface area (Å²) in [5.74, 6) is 0. The minimum Gasteiger partial charge on any atom is -0.325 e. The number of para-hydroxylation sites is 1. The van der Waals surface area contributed by atoms with E-state index >= 15 is 0 Å². The number of unbranched alkanes of at least 4 members (excludes halogenated alkanes) is 1. The molecule has 0 bridgehead atoms. The first-order valence-electron chi connectivity index (χ1n) is 6.78. The first kappa shape index (κ1) is 17.7. The van der Waals surface area contributed by atoms with Crippen molar-refractivity contribution in [3.05, 3.63) is 24.3 Å². The van der Waals surface area contributed by atoms with Crippen LogP contribution in [-0.4, -0.2) is 29.5 Å². The molecule has 0 aliphatic carbocycles. The molecule has 0 radical (unpaired) electrons. The molecule has 118 valence electrons. The third-order valence-corrected chi connectivity index (χ3v) is 3.61. The summed E-state index contributed by atoms with van der Waals surface area (Å²) < 4.78 is 37.5. The molecule has 0 aliphatic rings. The first-order chi connectivity index (χ1) is 9.87. The second kappa shape index (κ2) is 8.17. The number of benzene rings is 1. The van der Waals surface area contributed by atoms with Crippen molar-refractivity contribution in [2.75, 3.05) is 18.4 Å². The lowest BCUT2D eigenvalue weighted by Gasteiger charge is -2.22. The molecule has 0 spiro atoms. The Labute approximate surface area is 126 Å². The highest BCUT2D eigenvalue weighted by Gasteiger charge is 2.30. The average Bonchev–Trinajstić information content (AvgIpc) is 2.40. The lowest BCUT2D eigenvalue weighted by atomic mass is 10.3. The second-order valence-electron chi connectivity index (χ2n) is 4.41. The molecule has 0 unspecified atom stereocenters. The van der Waals surface area contributed by atoms with Gasteiger partial charge in [0.1, 0.15) is 0 Å². The van der Waals surface area contributed by atoms with Gasteiger partial charge in [-0.05, 0) is 37.2 Å². The van der Waals surface area contributed by atoms with Crippen LogP contribution in [0.1, 0.15) is 26.7 Å². The number of alkyl halides is 3. The van der Waals surface area contributed by atoms with Gasteiger partial charge in [-0.25, -0.2) is 4.79 Å². The number of urea groups is 1. The number of thioether (sulfide) groups is 1. The third kappa shape index (κ3) is 6.29. The van der Waals surface area contributed by atoms with E-state index in [0.29, 0.717) is 13.1 Å². The monoisotopic (exact) mass is 320 g/mol. The average molecular weight is 320 g/mol. The van der Waals surface area contributed by atoms with Crippen molar-refractivity contribution in [2.45, 2.75) is 37.1 Å². The zero-order valence-corrected chi connectivity index (χ0v) is 12.9. The number of nitrogens with zero attached hydrogens (tertiary/aromatic N) is 1. The summed E-state index contributed by atoms with van der Waals surface area (Å²) in [5.41, 5.74) is -4.20. The van der Waals surface area contributed by atoms with Crippen molar-refractivity contribution >= 4 is 23.5 Å². The number of carbonyl (C=O) groups excluding carboxylic acids is 1. The highest BCUT2D eigenvalue weighted by atomic mass is 32.2. The van der Waals surface area contributed by atoms with Gasteiger partial charge in [0.2, 0.25) is 0 Å². The van der Waals surface area contributed by atoms with Crippen molar-refractivity contribution < 1.29 is 18.0 Å². The van der Waals surface area contributed by atoms with Crippen LogP contribution in [0.3, 0.4) is 0 Å². The molecule has 2 amide bonds. The number of hydrogen-bond donors (Lipinski definition) is 1. The Morgan fingerprint density at radius 3 is 2.52 bits per heavy atom. The van der Waals surface area contributed by atoms with Crippen LogP contribution in [0.5, 0.6) is 0 Å². The fraction of sp³-hybridized carbons (Fsp3) is 0.500. The van der Waals surface area contributed by atoms with E-state index < -0.39 is 5.51 Å². The summed E-state index contributed by atoms with van der Waals surface area (Å²) in [6.07, 6.45) is 1.81. The van der Waals surface area contributed by atoms with Crippen LogP contribution in [0.15, 0.2) is 29.2 Å². The van der Waals surface area contributed by atoms with Crippen LogP contribution >= 0.6 is 11.8 Å². The van der Waals surface area contributed by atoms with Crippen molar-refractivity contribution in [3.8, 4) is 0 Å². The van der Waals surface area contributed by atoms with Crippen molar-refractivity contribution in [1.29, 1.82) is 0 Å². The Bertz CT molecular complexity index is 466. The number of amides is 2. The summed E-state index contributed by atoms with van der Waals surface area (Å²) >= 11 is -0.227. The molecule has 0 aromatic heterocycles. The van der Waals surface area contributed by atoms with E-state index in [0.717, 1.165) is 12.8 Å².